The van der Waals surface area contributed by atoms with E-state index in [0.717, 1.165) is 57.1 Å². The molecule has 22 heavy (non-hydrogen) atoms. The summed E-state index contributed by atoms with van der Waals surface area (Å²) in [7, 11) is 0. The molecule has 0 unspecified atom stereocenters. The summed E-state index contributed by atoms with van der Waals surface area (Å²) in [6.45, 7) is 0.817. The molecule has 1 heterocycles. The molecule has 0 radical (unpaired) electrons. The molecule has 1 saturated heterocycles. The lowest BCUT2D eigenvalue weighted by molar-refractivity contribution is -0.138. The Hall–Kier alpha value is -1.42. The van der Waals surface area contributed by atoms with Crippen molar-refractivity contribution >= 4 is 5.91 Å². The molecule has 2 aliphatic rings. The molecule has 1 saturated carbocycles. The second kappa shape index (κ2) is 6.78. The van der Waals surface area contributed by atoms with Crippen molar-refractivity contribution in [3.05, 3.63) is 35.6 Å². The van der Waals surface area contributed by atoms with E-state index in [-0.39, 0.29) is 29.8 Å². The number of carbonyl (C=O) groups excluding carboxylic acids is 1. The Morgan fingerprint density at radius 2 is 2.00 bits per heavy atom. The van der Waals surface area contributed by atoms with Crippen LogP contribution in [0.5, 0.6) is 0 Å². The van der Waals surface area contributed by atoms with Crippen molar-refractivity contribution < 1.29 is 14.3 Å². The molecule has 0 bridgehead atoms. The van der Waals surface area contributed by atoms with Crippen LogP contribution in [0, 0.1) is 11.7 Å². The highest BCUT2D eigenvalue weighted by atomic mass is 19.1. The molecule has 1 aliphatic heterocycles. The van der Waals surface area contributed by atoms with Gasteiger partial charge in [-0.15, -0.1) is 0 Å². The first-order valence-corrected chi connectivity index (χ1v) is 8.36. The van der Waals surface area contributed by atoms with Crippen molar-refractivity contribution in [2.75, 3.05) is 6.54 Å². The zero-order valence-corrected chi connectivity index (χ0v) is 12.9. The van der Waals surface area contributed by atoms with Gasteiger partial charge in [-0.05, 0) is 62.6 Å². The molecular weight excluding hydrogens is 281 g/mol. The third kappa shape index (κ3) is 3.49. The van der Waals surface area contributed by atoms with Gasteiger partial charge in [-0.3, -0.25) is 4.79 Å². The Morgan fingerprint density at radius 3 is 2.73 bits per heavy atom. The van der Waals surface area contributed by atoms with E-state index >= 15 is 0 Å². The van der Waals surface area contributed by atoms with E-state index in [0.29, 0.717) is 0 Å². The van der Waals surface area contributed by atoms with Crippen LogP contribution in [0.2, 0.25) is 0 Å². The predicted molar refractivity (Wildman–Crippen MR) is 82.8 cm³/mol. The minimum absolute atomic E-state index is 0.0662. The summed E-state index contributed by atoms with van der Waals surface area (Å²) in [5.74, 6) is 0.0944. The van der Waals surface area contributed by atoms with Gasteiger partial charge in [0.25, 0.3) is 0 Å². The molecule has 3 rings (SSSR count). The minimum atomic E-state index is -0.231. The predicted octanol–water partition coefficient (Wildman–Crippen LogP) is 2.91. The lowest BCUT2D eigenvalue weighted by Gasteiger charge is -2.32. The molecule has 0 spiro atoms. The average Bonchev–Trinajstić information content (AvgIpc) is 2.95. The molecule has 4 heteroatoms. The highest BCUT2D eigenvalue weighted by molar-refractivity contribution is 5.79. The number of hydrogen-bond acceptors (Lipinski definition) is 2. The van der Waals surface area contributed by atoms with Crippen molar-refractivity contribution in [1.82, 2.24) is 4.90 Å². The Balaban J connectivity index is 1.64. The molecule has 1 aromatic carbocycles. The van der Waals surface area contributed by atoms with E-state index < -0.39 is 0 Å². The van der Waals surface area contributed by atoms with Crippen LogP contribution in [0.15, 0.2) is 24.3 Å². The minimum Gasteiger partial charge on any atom is -0.393 e. The van der Waals surface area contributed by atoms with Crippen molar-refractivity contribution in [2.24, 2.45) is 5.92 Å². The van der Waals surface area contributed by atoms with E-state index in [9.17, 15) is 14.3 Å². The van der Waals surface area contributed by atoms with Gasteiger partial charge in [0.2, 0.25) is 5.91 Å². The van der Waals surface area contributed by atoms with Crippen molar-refractivity contribution in [1.29, 1.82) is 0 Å². The summed E-state index contributed by atoms with van der Waals surface area (Å²) in [6, 6.07) is 6.88. The van der Waals surface area contributed by atoms with Gasteiger partial charge in [-0.25, -0.2) is 4.39 Å². The second-order valence-corrected chi connectivity index (χ2v) is 6.67. The molecule has 1 amide bonds. The van der Waals surface area contributed by atoms with Gasteiger partial charge in [0.15, 0.2) is 0 Å². The maximum atomic E-state index is 13.3. The zero-order valence-electron chi connectivity index (χ0n) is 12.9. The van der Waals surface area contributed by atoms with Gasteiger partial charge in [0.1, 0.15) is 5.82 Å². The van der Waals surface area contributed by atoms with Crippen LogP contribution in [-0.4, -0.2) is 34.6 Å². The first-order valence-electron chi connectivity index (χ1n) is 8.36. The van der Waals surface area contributed by atoms with Crippen molar-refractivity contribution in [3.8, 4) is 0 Å². The summed E-state index contributed by atoms with van der Waals surface area (Å²) in [5.41, 5.74) is 0.962. The maximum absolute atomic E-state index is 13.3. The molecule has 1 N–H and O–H groups in total. The number of rotatable bonds is 3. The fourth-order valence-corrected chi connectivity index (χ4v) is 3.83. The fraction of sp³-hybridized carbons (Fsp3) is 0.611. The molecule has 1 atom stereocenters. The number of carbonyl (C=O) groups is 1. The number of aliphatic hydroxyl groups is 1. The van der Waals surface area contributed by atoms with Crippen molar-refractivity contribution in [3.63, 3.8) is 0 Å². The van der Waals surface area contributed by atoms with Gasteiger partial charge in [0.05, 0.1) is 6.10 Å². The molecule has 2 fully saturated rings. The van der Waals surface area contributed by atoms with Gasteiger partial charge in [0, 0.05) is 18.5 Å². The molecule has 0 aromatic heterocycles. The fourth-order valence-electron chi connectivity index (χ4n) is 3.83. The number of benzene rings is 1. The first kappa shape index (κ1) is 15.5. The molecule has 1 aromatic rings. The number of halogens is 1. The van der Waals surface area contributed by atoms with Crippen LogP contribution in [0.4, 0.5) is 4.39 Å². The SMILES string of the molecule is O=C(C1CCC(O)CC1)N1CCC[C@H]1Cc1cccc(F)c1. The molecule has 1 aliphatic carbocycles. The van der Waals surface area contributed by atoms with Crippen LogP contribution < -0.4 is 0 Å². The quantitative estimate of drug-likeness (QED) is 0.933. The summed E-state index contributed by atoms with van der Waals surface area (Å²) in [4.78, 5) is 14.8. The van der Waals surface area contributed by atoms with Gasteiger partial charge in [-0.2, -0.15) is 0 Å². The molecule has 120 valence electrons. The number of nitrogens with zero attached hydrogens (tertiary/aromatic N) is 1. The zero-order chi connectivity index (χ0) is 15.5. The van der Waals surface area contributed by atoms with Crippen LogP contribution in [0.3, 0.4) is 0 Å². The monoisotopic (exact) mass is 305 g/mol. The highest BCUT2D eigenvalue weighted by Gasteiger charge is 2.34. The van der Waals surface area contributed by atoms with Gasteiger partial charge < -0.3 is 10.0 Å². The van der Waals surface area contributed by atoms with Crippen LogP contribution in [0.1, 0.15) is 44.1 Å². The second-order valence-electron chi connectivity index (χ2n) is 6.67. The Labute approximate surface area is 131 Å². The van der Waals surface area contributed by atoms with E-state index in [4.69, 9.17) is 0 Å². The van der Waals surface area contributed by atoms with Crippen molar-refractivity contribution in [2.45, 2.75) is 57.1 Å². The Bertz CT molecular complexity index is 526. The van der Waals surface area contributed by atoms with E-state index in [1.54, 1.807) is 12.1 Å². The largest absolute Gasteiger partial charge is 0.393 e. The van der Waals surface area contributed by atoms with Crippen LogP contribution >= 0.6 is 0 Å². The van der Waals surface area contributed by atoms with Crippen LogP contribution in [0.25, 0.3) is 0 Å². The van der Waals surface area contributed by atoms with Gasteiger partial charge in [-0.1, -0.05) is 12.1 Å². The van der Waals surface area contributed by atoms with E-state index in [2.05, 4.69) is 0 Å². The number of likely N-dealkylation sites (tertiary alicyclic amines) is 1. The third-order valence-corrected chi connectivity index (χ3v) is 5.07. The lowest BCUT2D eigenvalue weighted by atomic mass is 9.86. The summed E-state index contributed by atoms with van der Waals surface area (Å²) < 4.78 is 13.3. The number of aliphatic hydroxyl groups excluding tert-OH is 1. The summed E-state index contributed by atoms with van der Waals surface area (Å²) >= 11 is 0. The number of amides is 1. The molecule has 3 nitrogen and oxygen atoms in total. The number of hydrogen-bond donors (Lipinski definition) is 1. The van der Waals surface area contributed by atoms with Crippen LogP contribution in [-0.2, 0) is 11.2 Å². The lowest BCUT2D eigenvalue weighted by Crippen LogP contribution is -2.42. The van der Waals surface area contributed by atoms with E-state index in [1.807, 2.05) is 11.0 Å². The third-order valence-electron chi connectivity index (χ3n) is 5.07. The Kier molecular flexibility index (Phi) is 4.77. The molecular formula is C18H24FNO2. The summed E-state index contributed by atoms with van der Waals surface area (Å²) in [5, 5.41) is 9.59. The average molecular weight is 305 g/mol. The van der Waals surface area contributed by atoms with Gasteiger partial charge >= 0.3 is 0 Å². The Morgan fingerprint density at radius 1 is 1.23 bits per heavy atom. The normalized spacial score (nSPS) is 28.8. The highest BCUT2D eigenvalue weighted by Crippen LogP contribution is 2.30. The maximum Gasteiger partial charge on any atom is 0.225 e. The van der Waals surface area contributed by atoms with E-state index in [1.165, 1.54) is 6.07 Å². The topological polar surface area (TPSA) is 40.5 Å². The standard InChI is InChI=1S/C18H24FNO2/c19-15-4-1-3-13(11-15)12-16-5-2-10-20(16)18(22)14-6-8-17(21)9-7-14/h1,3-4,11,14,16-17,21H,2,5-10,12H2/t14?,16-,17?/m0/s1. The first-order chi connectivity index (χ1) is 10.6. The smallest absolute Gasteiger partial charge is 0.225 e. The summed E-state index contributed by atoms with van der Waals surface area (Å²) in [6.07, 6.45) is 5.59.